The van der Waals surface area contributed by atoms with Gasteiger partial charge in [0.25, 0.3) is 0 Å². The highest BCUT2D eigenvalue weighted by molar-refractivity contribution is 7.89. The van der Waals surface area contributed by atoms with Crippen LogP contribution < -0.4 is 10.0 Å². The van der Waals surface area contributed by atoms with Crippen molar-refractivity contribution in [3.8, 4) is 0 Å². The molecule has 0 unspecified atom stereocenters. The summed E-state index contributed by atoms with van der Waals surface area (Å²) in [6.07, 6.45) is -4.73. The van der Waals surface area contributed by atoms with E-state index in [0.29, 0.717) is 0 Å². The van der Waals surface area contributed by atoms with Crippen molar-refractivity contribution >= 4 is 21.6 Å². The van der Waals surface area contributed by atoms with E-state index in [0.717, 1.165) is 0 Å². The van der Waals surface area contributed by atoms with Gasteiger partial charge in [0.2, 0.25) is 15.9 Å². The Balaban J connectivity index is 2.65. The van der Waals surface area contributed by atoms with Gasteiger partial charge in [-0.15, -0.1) is 0 Å². The number of nitrogens with one attached hydrogen (secondary N) is 2. The van der Waals surface area contributed by atoms with Crippen LogP contribution in [-0.4, -0.2) is 39.3 Å². The molecule has 1 aromatic carbocycles. The highest BCUT2D eigenvalue weighted by Crippen LogP contribution is 2.18. The molecule has 142 valence electrons. The van der Waals surface area contributed by atoms with Gasteiger partial charge >= 0.3 is 6.18 Å². The summed E-state index contributed by atoms with van der Waals surface area (Å²) >= 11 is 0. The highest BCUT2D eigenvalue weighted by atomic mass is 32.2. The summed E-state index contributed by atoms with van der Waals surface area (Å²) in [6.45, 7) is 3.26. The second-order valence-corrected chi connectivity index (χ2v) is 8.03. The minimum absolute atomic E-state index is 0.0338. The third-order valence-corrected chi connectivity index (χ3v) is 4.36. The lowest BCUT2D eigenvalue weighted by Crippen LogP contribution is -2.40. The van der Waals surface area contributed by atoms with E-state index < -0.39 is 40.9 Å². The molecule has 0 bridgehead atoms. The molecule has 0 aromatic heterocycles. The van der Waals surface area contributed by atoms with Crippen LogP contribution in [0.1, 0.15) is 27.2 Å². The van der Waals surface area contributed by atoms with Crippen LogP contribution in [0.25, 0.3) is 0 Å². The standard InChI is InChI=1S/C15H21F3N2O4S/c1-14(2,3)20-25(22,23)12-6-4-5-11(9-12)19-13(21)7-8-24-10-15(16,17)18/h4-6,9,20H,7-8,10H2,1-3H3,(H,19,21). The van der Waals surface area contributed by atoms with Gasteiger partial charge in [-0.3, -0.25) is 4.79 Å². The number of anilines is 1. The first kappa shape index (κ1) is 21.4. The van der Waals surface area contributed by atoms with Crippen molar-refractivity contribution in [2.75, 3.05) is 18.5 Å². The SMILES string of the molecule is CC(C)(C)NS(=O)(=O)c1cccc(NC(=O)CCOCC(F)(F)F)c1. The predicted molar refractivity (Wildman–Crippen MR) is 86.6 cm³/mol. The van der Waals surface area contributed by atoms with Crippen molar-refractivity contribution < 1.29 is 31.1 Å². The van der Waals surface area contributed by atoms with Gasteiger partial charge in [-0.05, 0) is 39.0 Å². The van der Waals surface area contributed by atoms with Crippen molar-refractivity contribution in [1.82, 2.24) is 4.72 Å². The third-order valence-electron chi connectivity index (χ3n) is 2.61. The maximum absolute atomic E-state index is 12.2. The van der Waals surface area contributed by atoms with Crippen molar-refractivity contribution in [3.05, 3.63) is 24.3 Å². The number of carbonyl (C=O) groups is 1. The molecular weight excluding hydrogens is 361 g/mol. The van der Waals surface area contributed by atoms with E-state index in [9.17, 15) is 26.4 Å². The second-order valence-electron chi connectivity index (χ2n) is 6.35. The van der Waals surface area contributed by atoms with Crippen molar-refractivity contribution in [1.29, 1.82) is 0 Å². The largest absolute Gasteiger partial charge is 0.411 e. The summed E-state index contributed by atoms with van der Waals surface area (Å²) in [5.41, 5.74) is -0.453. The van der Waals surface area contributed by atoms with Crippen LogP contribution in [0.5, 0.6) is 0 Å². The lowest BCUT2D eigenvalue weighted by atomic mass is 10.1. The van der Waals surface area contributed by atoms with E-state index >= 15 is 0 Å². The van der Waals surface area contributed by atoms with Gasteiger partial charge in [0.1, 0.15) is 6.61 Å². The van der Waals surface area contributed by atoms with Gasteiger partial charge in [0.05, 0.1) is 17.9 Å². The summed E-state index contributed by atoms with van der Waals surface area (Å²) in [7, 11) is -3.76. The van der Waals surface area contributed by atoms with Gasteiger partial charge in [0.15, 0.2) is 0 Å². The molecule has 0 heterocycles. The summed E-state index contributed by atoms with van der Waals surface area (Å²) in [5.74, 6) is -0.583. The average Bonchev–Trinajstić information content (AvgIpc) is 2.40. The average molecular weight is 382 g/mol. The molecule has 0 aliphatic carbocycles. The van der Waals surface area contributed by atoms with Crippen LogP contribution in [0.4, 0.5) is 18.9 Å². The van der Waals surface area contributed by atoms with Crippen LogP contribution in [0.3, 0.4) is 0 Å². The molecule has 0 atom stereocenters. The maximum atomic E-state index is 12.2. The first-order valence-corrected chi connectivity index (χ1v) is 8.85. The molecule has 0 aliphatic rings. The Kier molecular flexibility index (Phi) is 6.98. The van der Waals surface area contributed by atoms with Gasteiger partial charge in [-0.1, -0.05) is 6.07 Å². The number of hydrogen-bond donors (Lipinski definition) is 2. The summed E-state index contributed by atoms with van der Waals surface area (Å²) in [6, 6.07) is 5.57. The zero-order chi connectivity index (χ0) is 19.3. The number of ether oxygens (including phenoxy) is 1. The van der Waals surface area contributed by atoms with E-state index in [1.54, 1.807) is 20.8 Å². The van der Waals surface area contributed by atoms with E-state index in [1.165, 1.54) is 24.3 Å². The normalized spacial score (nSPS) is 12.9. The quantitative estimate of drug-likeness (QED) is 0.710. The lowest BCUT2D eigenvalue weighted by molar-refractivity contribution is -0.174. The predicted octanol–water partition coefficient (Wildman–Crippen LogP) is 2.67. The van der Waals surface area contributed by atoms with Gasteiger partial charge in [-0.2, -0.15) is 13.2 Å². The van der Waals surface area contributed by atoms with Crippen LogP contribution in [0.15, 0.2) is 29.2 Å². The molecule has 0 aliphatic heterocycles. The fraction of sp³-hybridized carbons (Fsp3) is 0.533. The zero-order valence-electron chi connectivity index (χ0n) is 14.1. The molecular formula is C15H21F3N2O4S. The maximum Gasteiger partial charge on any atom is 0.411 e. The Morgan fingerprint density at radius 1 is 1.20 bits per heavy atom. The molecule has 0 fully saturated rings. The Bertz CT molecular complexity index is 697. The Labute approximate surface area is 144 Å². The van der Waals surface area contributed by atoms with Crippen LogP contribution in [0.2, 0.25) is 0 Å². The Morgan fingerprint density at radius 3 is 2.40 bits per heavy atom. The highest BCUT2D eigenvalue weighted by Gasteiger charge is 2.27. The number of benzene rings is 1. The van der Waals surface area contributed by atoms with E-state index in [1.807, 2.05) is 0 Å². The second kappa shape index (κ2) is 8.15. The van der Waals surface area contributed by atoms with Crippen molar-refractivity contribution in [3.63, 3.8) is 0 Å². The molecule has 0 saturated heterocycles. The van der Waals surface area contributed by atoms with Crippen molar-refractivity contribution in [2.45, 2.75) is 43.8 Å². The van der Waals surface area contributed by atoms with Crippen LogP contribution >= 0.6 is 0 Å². The molecule has 0 radical (unpaired) electrons. The number of carbonyl (C=O) groups excluding carboxylic acids is 1. The zero-order valence-corrected chi connectivity index (χ0v) is 14.9. The van der Waals surface area contributed by atoms with E-state index in [2.05, 4.69) is 14.8 Å². The first-order valence-electron chi connectivity index (χ1n) is 7.37. The number of halogens is 3. The number of hydrogen-bond acceptors (Lipinski definition) is 4. The Morgan fingerprint density at radius 2 is 1.84 bits per heavy atom. The molecule has 25 heavy (non-hydrogen) atoms. The molecule has 10 heteroatoms. The Hall–Kier alpha value is -1.65. The number of sulfonamides is 1. The number of rotatable bonds is 7. The fourth-order valence-corrected chi connectivity index (χ4v) is 3.24. The molecule has 1 rings (SSSR count). The molecule has 2 N–H and O–H groups in total. The van der Waals surface area contributed by atoms with E-state index in [-0.39, 0.29) is 17.0 Å². The molecule has 6 nitrogen and oxygen atoms in total. The van der Waals surface area contributed by atoms with E-state index in [4.69, 9.17) is 0 Å². The van der Waals surface area contributed by atoms with Gasteiger partial charge in [-0.25, -0.2) is 13.1 Å². The number of alkyl halides is 3. The molecule has 0 saturated carbocycles. The molecule has 1 amide bonds. The summed E-state index contributed by atoms with van der Waals surface area (Å²) in [4.78, 5) is 11.7. The third kappa shape index (κ3) is 8.84. The fourth-order valence-electron chi connectivity index (χ4n) is 1.78. The number of amides is 1. The molecule has 0 spiro atoms. The summed E-state index contributed by atoms with van der Waals surface area (Å²) < 4.78 is 67.0. The van der Waals surface area contributed by atoms with Crippen molar-refractivity contribution in [2.24, 2.45) is 0 Å². The minimum atomic E-state index is -4.45. The lowest BCUT2D eigenvalue weighted by Gasteiger charge is -2.20. The van der Waals surface area contributed by atoms with Gasteiger partial charge < -0.3 is 10.1 Å². The van der Waals surface area contributed by atoms with Gasteiger partial charge in [0, 0.05) is 11.2 Å². The monoisotopic (exact) mass is 382 g/mol. The van der Waals surface area contributed by atoms with Crippen LogP contribution in [0, 0.1) is 0 Å². The van der Waals surface area contributed by atoms with Crippen LogP contribution in [-0.2, 0) is 19.6 Å². The summed E-state index contributed by atoms with van der Waals surface area (Å²) in [5, 5.41) is 2.42. The smallest absolute Gasteiger partial charge is 0.372 e. The minimum Gasteiger partial charge on any atom is -0.372 e. The first-order chi connectivity index (χ1) is 11.3. The molecule has 1 aromatic rings. The topological polar surface area (TPSA) is 84.5 Å².